The van der Waals surface area contributed by atoms with Gasteiger partial charge in [-0.1, -0.05) is 0 Å². The Bertz CT molecular complexity index is 149. The summed E-state index contributed by atoms with van der Waals surface area (Å²) < 4.78 is 6.62. The molecule has 0 fully saturated rings. The average Bonchev–Trinajstić information content (AvgIpc) is 2.40. The Morgan fingerprint density at radius 1 is 0.611 bits per heavy atom. The summed E-state index contributed by atoms with van der Waals surface area (Å²) in [4.78, 5) is 0. The maximum absolute atomic E-state index is 5.68. The third kappa shape index (κ3) is 8.79. The monoisotopic (exact) mass is 363 g/mol. The van der Waals surface area contributed by atoms with Crippen LogP contribution in [0.2, 0.25) is 17.7 Å². The van der Waals surface area contributed by atoms with Gasteiger partial charge in [-0.3, -0.25) is 0 Å². The first kappa shape index (κ1) is 18.8. The van der Waals surface area contributed by atoms with E-state index in [2.05, 4.69) is 20.8 Å². The predicted octanol–water partition coefficient (Wildman–Crippen LogP) is 5.57. The van der Waals surface area contributed by atoms with Gasteiger partial charge >= 0.3 is 121 Å². The van der Waals surface area contributed by atoms with Crippen molar-refractivity contribution in [1.82, 2.24) is 0 Å². The first-order valence-corrected chi connectivity index (χ1v) is 16.5. The number of unbranched alkanes of at least 4 members (excludes halogenated alkanes) is 4. The third-order valence-corrected chi connectivity index (χ3v) is 20.5. The zero-order valence-electron chi connectivity index (χ0n) is 13.3. The number of hydrogen-bond acceptors (Lipinski definition) is 1. The normalized spacial score (nSPS) is 12.0. The predicted molar refractivity (Wildman–Crippen MR) is 88.0 cm³/mol. The van der Waals surface area contributed by atoms with Crippen molar-refractivity contribution >= 4 is 18.4 Å². The van der Waals surface area contributed by atoms with E-state index in [9.17, 15) is 0 Å². The van der Waals surface area contributed by atoms with Gasteiger partial charge < -0.3 is 0 Å². The van der Waals surface area contributed by atoms with Crippen LogP contribution in [0.5, 0.6) is 0 Å². The van der Waals surface area contributed by atoms with Crippen molar-refractivity contribution in [3.8, 4) is 0 Å². The third-order valence-electron chi connectivity index (χ3n) is 4.34. The SMILES string of the molecule is CCC[CH2][Sn]([CH2]CCC)([CH2]CCC)[CH2]CCCN. The molecular formula is C16H37NSn. The summed E-state index contributed by atoms with van der Waals surface area (Å²) in [6.07, 6.45) is 11.4. The summed E-state index contributed by atoms with van der Waals surface area (Å²) in [6.45, 7) is 7.97. The van der Waals surface area contributed by atoms with Crippen LogP contribution in [0, 0.1) is 0 Å². The molecule has 0 bridgehead atoms. The molecule has 0 saturated carbocycles. The molecule has 2 N–H and O–H groups in total. The minimum absolute atomic E-state index is 0.900. The van der Waals surface area contributed by atoms with Crippen molar-refractivity contribution in [1.29, 1.82) is 0 Å². The molecule has 0 aliphatic heterocycles. The van der Waals surface area contributed by atoms with Gasteiger partial charge in [-0.15, -0.1) is 0 Å². The topological polar surface area (TPSA) is 26.0 Å². The van der Waals surface area contributed by atoms with E-state index in [0.29, 0.717) is 0 Å². The van der Waals surface area contributed by atoms with Crippen LogP contribution in [0.3, 0.4) is 0 Å². The molecule has 18 heavy (non-hydrogen) atoms. The van der Waals surface area contributed by atoms with Crippen molar-refractivity contribution < 1.29 is 0 Å². The van der Waals surface area contributed by atoms with Crippen LogP contribution in [-0.4, -0.2) is 24.9 Å². The van der Waals surface area contributed by atoms with Crippen molar-refractivity contribution in [2.45, 2.75) is 89.9 Å². The van der Waals surface area contributed by atoms with Crippen molar-refractivity contribution in [2.75, 3.05) is 6.54 Å². The molecular weight excluding hydrogens is 325 g/mol. The fourth-order valence-electron chi connectivity index (χ4n) is 3.05. The standard InChI is InChI=1S/C4H10N.3C4H9.Sn/c1-2-3-4-5;3*1-3-4-2;/h1-5H2;3*1,3-4H2,2H3;. The van der Waals surface area contributed by atoms with Crippen LogP contribution in [0.1, 0.15) is 72.1 Å². The van der Waals surface area contributed by atoms with Crippen LogP contribution in [0.4, 0.5) is 0 Å². The summed E-state index contributed by atoms with van der Waals surface area (Å²) in [5, 5.41) is 0. The Morgan fingerprint density at radius 3 is 1.33 bits per heavy atom. The Hall–Kier alpha value is 0.759. The Kier molecular flexibility index (Phi) is 13.3. The van der Waals surface area contributed by atoms with Crippen LogP contribution in [0.15, 0.2) is 0 Å². The summed E-state index contributed by atoms with van der Waals surface area (Å²) >= 11 is -1.77. The van der Waals surface area contributed by atoms with Gasteiger partial charge in [0, 0.05) is 0 Å². The number of nitrogens with two attached hydrogens (primary N) is 1. The Balaban J connectivity index is 4.41. The van der Waals surface area contributed by atoms with Crippen molar-refractivity contribution in [2.24, 2.45) is 5.73 Å². The van der Waals surface area contributed by atoms with Gasteiger partial charge in [-0.05, 0) is 0 Å². The molecule has 0 rings (SSSR count). The molecule has 0 heterocycles. The fraction of sp³-hybridized carbons (Fsp3) is 1.00. The second-order valence-corrected chi connectivity index (χ2v) is 20.3. The molecule has 1 nitrogen and oxygen atoms in total. The van der Waals surface area contributed by atoms with Crippen LogP contribution >= 0.6 is 0 Å². The Labute approximate surface area is 120 Å². The summed E-state index contributed by atoms with van der Waals surface area (Å²) in [7, 11) is 0. The molecule has 0 aliphatic carbocycles. The Morgan fingerprint density at radius 2 is 1.00 bits per heavy atom. The molecule has 0 radical (unpaired) electrons. The van der Waals surface area contributed by atoms with E-state index in [4.69, 9.17) is 5.73 Å². The van der Waals surface area contributed by atoms with Crippen LogP contribution in [-0.2, 0) is 0 Å². The molecule has 0 aromatic heterocycles. The van der Waals surface area contributed by atoms with Crippen molar-refractivity contribution in [3.05, 3.63) is 0 Å². The average molecular weight is 362 g/mol. The summed E-state index contributed by atoms with van der Waals surface area (Å²) in [6, 6.07) is 0. The molecule has 0 atom stereocenters. The van der Waals surface area contributed by atoms with Gasteiger partial charge in [0.25, 0.3) is 0 Å². The maximum atomic E-state index is 5.68. The van der Waals surface area contributed by atoms with Gasteiger partial charge in [0.05, 0.1) is 0 Å². The zero-order valence-corrected chi connectivity index (χ0v) is 16.1. The molecule has 0 aromatic rings. The van der Waals surface area contributed by atoms with E-state index in [-0.39, 0.29) is 0 Å². The molecule has 2 heteroatoms. The van der Waals surface area contributed by atoms with Gasteiger partial charge in [0.15, 0.2) is 0 Å². The second kappa shape index (κ2) is 12.8. The van der Waals surface area contributed by atoms with E-state index in [1.54, 1.807) is 17.7 Å². The summed E-state index contributed by atoms with van der Waals surface area (Å²) in [5.41, 5.74) is 5.68. The van der Waals surface area contributed by atoms with Gasteiger partial charge in [0.2, 0.25) is 0 Å². The molecule has 0 saturated heterocycles. The molecule has 0 aliphatic rings. The van der Waals surface area contributed by atoms with E-state index in [1.807, 2.05) is 0 Å². The first-order chi connectivity index (χ1) is 8.74. The van der Waals surface area contributed by atoms with E-state index >= 15 is 0 Å². The number of rotatable bonds is 13. The minimum atomic E-state index is -1.77. The van der Waals surface area contributed by atoms with E-state index in [1.165, 1.54) is 51.4 Å². The number of hydrogen-bond donors (Lipinski definition) is 1. The molecule has 0 spiro atoms. The van der Waals surface area contributed by atoms with Gasteiger partial charge in [-0.25, -0.2) is 0 Å². The second-order valence-electron chi connectivity index (χ2n) is 6.06. The van der Waals surface area contributed by atoms with Crippen LogP contribution < -0.4 is 5.73 Å². The summed E-state index contributed by atoms with van der Waals surface area (Å²) in [5.74, 6) is 0. The quantitative estimate of drug-likeness (QED) is 0.336. The molecule has 0 aromatic carbocycles. The zero-order chi connectivity index (χ0) is 13.7. The van der Waals surface area contributed by atoms with Crippen molar-refractivity contribution in [3.63, 3.8) is 0 Å². The van der Waals surface area contributed by atoms with E-state index in [0.717, 1.165) is 6.54 Å². The van der Waals surface area contributed by atoms with E-state index < -0.39 is 18.4 Å². The molecule has 0 unspecified atom stereocenters. The van der Waals surface area contributed by atoms with Gasteiger partial charge in [0.1, 0.15) is 0 Å². The fourth-order valence-corrected chi connectivity index (χ4v) is 19.6. The molecule has 110 valence electrons. The molecule has 0 amide bonds. The van der Waals surface area contributed by atoms with Gasteiger partial charge in [-0.2, -0.15) is 0 Å². The van der Waals surface area contributed by atoms with Crippen LogP contribution in [0.25, 0.3) is 0 Å². The first-order valence-electron chi connectivity index (χ1n) is 8.44.